The standard InChI is InChI=1S/C21H30N2O2S/c24-19(18-8-14-26-15-18)23-13-10-21(16-23)9-4-11-22(20(21)25)12-7-17-5-2-1-3-6-17/h8,14-15,17H,1-7,9-13,16H2/t21-/m1/s1. The van der Waals surface area contributed by atoms with Gasteiger partial charge in [-0.2, -0.15) is 11.3 Å². The van der Waals surface area contributed by atoms with Gasteiger partial charge in [-0.1, -0.05) is 32.1 Å². The molecule has 2 saturated heterocycles. The van der Waals surface area contributed by atoms with Crippen molar-refractivity contribution in [2.24, 2.45) is 11.3 Å². The van der Waals surface area contributed by atoms with Gasteiger partial charge < -0.3 is 9.80 Å². The van der Waals surface area contributed by atoms with Crippen molar-refractivity contribution in [2.45, 2.75) is 57.8 Å². The van der Waals surface area contributed by atoms with Crippen LogP contribution in [0.2, 0.25) is 0 Å². The number of nitrogens with zero attached hydrogens (tertiary/aromatic N) is 2. The first-order valence-corrected chi connectivity index (χ1v) is 11.2. The van der Waals surface area contributed by atoms with Crippen LogP contribution in [0.1, 0.15) is 68.1 Å². The minimum Gasteiger partial charge on any atom is -0.342 e. The van der Waals surface area contributed by atoms with Gasteiger partial charge in [-0.15, -0.1) is 0 Å². The molecule has 0 N–H and O–H groups in total. The maximum atomic E-state index is 13.3. The largest absolute Gasteiger partial charge is 0.342 e. The summed E-state index contributed by atoms with van der Waals surface area (Å²) in [6.07, 6.45) is 10.8. The summed E-state index contributed by atoms with van der Waals surface area (Å²) >= 11 is 1.55. The highest BCUT2D eigenvalue weighted by Gasteiger charge is 2.49. The number of carbonyl (C=O) groups excluding carboxylic acids is 2. The third-order valence-electron chi connectivity index (χ3n) is 6.77. The Bertz CT molecular complexity index is 638. The minimum absolute atomic E-state index is 0.0928. The third-order valence-corrected chi connectivity index (χ3v) is 7.45. The van der Waals surface area contributed by atoms with Crippen molar-refractivity contribution in [2.75, 3.05) is 26.2 Å². The molecule has 3 fully saturated rings. The van der Waals surface area contributed by atoms with E-state index in [9.17, 15) is 9.59 Å². The van der Waals surface area contributed by atoms with Crippen LogP contribution >= 0.6 is 11.3 Å². The molecule has 1 saturated carbocycles. The Kier molecular flexibility index (Phi) is 5.35. The first-order chi connectivity index (χ1) is 12.7. The van der Waals surface area contributed by atoms with Gasteiger partial charge in [0.25, 0.3) is 5.91 Å². The quantitative estimate of drug-likeness (QED) is 0.793. The molecule has 1 spiro atoms. The van der Waals surface area contributed by atoms with E-state index in [4.69, 9.17) is 0 Å². The maximum absolute atomic E-state index is 13.3. The molecular weight excluding hydrogens is 344 g/mol. The summed E-state index contributed by atoms with van der Waals surface area (Å²) in [6, 6.07) is 1.89. The lowest BCUT2D eigenvalue weighted by molar-refractivity contribution is -0.145. The summed E-state index contributed by atoms with van der Waals surface area (Å²) in [4.78, 5) is 30.0. The Morgan fingerprint density at radius 2 is 2.00 bits per heavy atom. The second kappa shape index (κ2) is 7.71. The fourth-order valence-electron chi connectivity index (χ4n) is 5.17. The van der Waals surface area contributed by atoms with E-state index >= 15 is 0 Å². The smallest absolute Gasteiger partial charge is 0.254 e. The van der Waals surface area contributed by atoms with E-state index < -0.39 is 0 Å². The van der Waals surface area contributed by atoms with Crippen LogP contribution in [0, 0.1) is 11.3 Å². The molecular formula is C21H30N2O2S. The molecule has 2 amide bonds. The lowest BCUT2D eigenvalue weighted by Crippen LogP contribution is -2.50. The highest BCUT2D eigenvalue weighted by molar-refractivity contribution is 7.08. The molecule has 1 aromatic rings. The molecule has 3 aliphatic rings. The normalized spacial score (nSPS) is 27.5. The summed E-state index contributed by atoms with van der Waals surface area (Å²) < 4.78 is 0. The first-order valence-electron chi connectivity index (χ1n) is 10.3. The molecule has 4 rings (SSSR count). The van der Waals surface area contributed by atoms with Gasteiger partial charge in [0.2, 0.25) is 5.91 Å². The molecule has 2 aliphatic heterocycles. The van der Waals surface area contributed by atoms with Gasteiger partial charge in [-0.05, 0) is 43.0 Å². The third kappa shape index (κ3) is 3.55. The number of hydrogen-bond acceptors (Lipinski definition) is 3. The molecule has 0 bridgehead atoms. The van der Waals surface area contributed by atoms with E-state index in [-0.39, 0.29) is 11.3 Å². The Hall–Kier alpha value is -1.36. The highest BCUT2D eigenvalue weighted by atomic mass is 32.1. The summed E-state index contributed by atoms with van der Waals surface area (Å²) in [5.41, 5.74) is 0.459. The van der Waals surface area contributed by atoms with Crippen molar-refractivity contribution in [3.63, 3.8) is 0 Å². The Balaban J connectivity index is 1.37. The van der Waals surface area contributed by atoms with Crippen LogP contribution in [0.4, 0.5) is 0 Å². The van der Waals surface area contributed by atoms with E-state index in [1.807, 2.05) is 21.7 Å². The van der Waals surface area contributed by atoms with Gasteiger partial charge >= 0.3 is 0 Å². The number of rotatable bonds is 4. The molecule has 0 unspecified atom stereocenters. The van der Waals surface area contributed by atoms with Crippen LogP contribution in [-0.4, -0.2) is 47.8 Å². The Morgan fingerprint density at radius 1 is 1.15 bits per heavy atom. The zero-order valence-electron chi connectivity index (χ0n) is 15.6. The molecule has 1 aliphatic carbocycles. The number of thiophene rings is 1. The van der Waals surface area contributed by atoms with Crippen LogP contribution in [0.15, 0.2) is 16.8 Å². The Labute approximate surface area is 160 Å². The van der Waals surface area contributed by atoms with Crippen LogP contribution in [0.3, 0.4) is 0 Å². The number of amides is 2. The predicted octanol–water partition coefficient (Wildman–Crippen LogP) is 4.17. The van der Waals surface area contributed by atoms with Crippen molar-refractivity contribution < 1.29 is 9.59 Å². The van der Waals surface area contributed by atoms with E-state index in [2.05, 4.69) is 4.90 Å². The minimum atomic E-state index is -0.309. The van der Waals surface area contributed by atoms with Crippen LogP contribution in [0.5, 0.6) is 0 Å². The van der Waals surface area contributed by atoms with Gasteiger partial charge in [0.1, 0.15) is 0 Å². The molecule has 142 valence electrons. The molecule has 1 atom stereocenters. The summed E-state index contributed by atoms with van der Waals surface area (Å²) in [6.45, 7) is 3.16. The topological polar surface area (TPSA) is 40.6 Å². The van der Waals surface area contributed by atoms with Gasteiger partial charge in [0.05, 0.1) is 11.0 Å². The molecule has 5 heteroatoms. The predicted molar refractivity (Wildman–Crippen MR) is 104 cm³/mol. The Morgan fingerprint density at radius 3 is 2.77 bits per heavy atom. The van der Waals surface area contributed by atoms with Crippen molar-refractivity contribution in [1.82, 2.24) is 9.80 Å². The molecule has 1 aromatic heterocycles. The SMILES string of the molecule is O=C(c1ccsc1)N1CC[C@]2(CCCN(CCC3CCCCC3)C2=O)C1. The van der Waals surface area contributed by atoms with E-state index in [1.165, 1.54) is 38.5 Å². The van der Waals surface area contributed by atoms with E-state index in [0.29, 0.717) is 12.5 Å². The highest BCUT2D eigenvalue weighted by Crippen LogP contribution is 2.41. The van der Waals surface area contributed by atoms with Crippen LogP contribution in [0.25, 0.3) is 0 Å². The average molecular weight is 375 g/mol. The molecule has 26 heavy (non-hydrogen) atoms. The fraction of sp³-hybridized carbons (Fsp3) is 0.714. The number of carbonyl (C=O) groups is 2. The number of piperidine rings is 1. The fourth-order valence-corrected chi connectivity index (χ4v) is 5.80. The monoisotopic (exact) mass is 374 g/mol. The van der Waals surface area contributed by atoms with Gasteiger partial charge in [0, 0.05) is 31.6 Å². The molecule has 4 nitrogen and oxygen atoms in total. The van der Waals surface area contributed by atoms with Gasteiger partial charge in [-0.3, -0.25) is 9.59 Å². The zero-order chi connectivity index (χ0) is 18.0. The lowest BCUT2D eigenvalue weighted by Gasteiger charge is -2.40. The van der Waals surface area contributed by atoms with E-state index in [0.717, 1.165) is 50.4 Å². The van der Waals surface area contributed by atoms with Crippen molar-refractivity contribution in [3.05, 3.63) is 22.4 Å². The number of hydrogen-bond donors (Lipinski definition) is 0. The van der Waals surface area contributed by atoms with Crippen molar-refractivity contribution >= 4 is 23.2 Å². The first kappa shape index (κ1) is 18.0. The average Bonchev–Trinajstić information content (AvgIpc) is 3.34. The molecule has 0 aromatic carbocycles. The van der Waals surface area contributed by atoms with Crippen LogP contribution < -0.4 is 0 Å². The lowest BCUT2D eigenvalue weighted by atomic mass is 9.78. The molecule has 3 heterocycles. The van der Waals surface area contributed by atoms with Gasteiger partial charge in [0.15, 0.2) is 0 Å². The second-order valence-electron chi connectivity index (χ2n) is 8.46. The van der Waals surface area contributed by atoms with Crippen molar-refractivity contribution in [3.8, 4) is 0 Å². The molecule has 0 radical (unpaired) electrons. The van der Waals surface area contributed by atoms with Crippen LogP contribution in [-0.2, 0) is 4.79 Å². The summed E-state index contributed by atoms with van der Waals surface area (Å²) in [5.74, 6) is 1.23. The zero-order valence-corrected chi connectivity index (χ0v) is 16.4. The summed E-state index contributed by atoms with van der Waals surface area (Å²) in [7, 11) is 0. The van der Waals surface area contributed by atoms with Crippen molar-refractivity contribution in [1.29, 1.82) is 0 Å². The number of likely N-dealkylation sites (tertiary alicyclic amines) is 2. The van der Waals surface area contributed by atoms with Gasteiger partial charge in [-0.25, -0.2) is 0 Å². The second-order valence-corrected chi connectivity index (χ2v) is 9.24. The maximum Gasteiger partial charge on any atom is 0.254 e. The summed E-state index contributed by atoms with van der Waals surface area (Å²) in [5, 5.41) is 3.85. The van der Waals surface area contributed by atoms with E-state index in [1.54, 1.807) is 11.3 Å².